The SMILES string of the molecule is CCCCCCCCCCCCCC/C=C\CCCCCCCCC(O)C(=O)NC(COC1OC(CO)C(O)C(O)C1O)C(O)CCCCCCCCCCCCCCCCCC. The van der Waals surface area contributed by atoms with Gasteiger partial charge in [-0.1, -0.05) is 231 Å². The van der Waals surface area contributed by atoms with Crippen LogP contribution in [0.3, 0.4) is 0 Å². The summed E-state index contributed by atoms with van der Waals surface area (Å²) in [5, 5.41) is 65.1. The third-order valence-electron chi connectivity index (χ3n) is 13.2. The predicted octanol–water partition coefficient (Wildman–Crippen LogP) is 11.4. The van der Waals surface area contributed by atoms with Gasteiger partial charge >= 0.3 is 0 Å². The van der Waals surface area contributed by atoms with Crippen LogP contribution in [0.1, 0.15) is 258 Å². The number of nitrogens with one attached hydrogen (secondary N) is 1. The van der Waals surface area contributed by atoms with Gasteiger partial charge in [0.05, 0.1) is 25.4 Å². The number of rotatable bonds is 46. The zero-order chi connectivity index (χ0) is 46.0. The quantitative estimate of drug-likeness (QED) is 0.0232. The van der Waals surface area contributed by atoms with E-state index in [0.29, 0.717) is 12.8 Å². The van der Waals surface area contributed by atoms with Crippen LogP contribution in [0.2, 0.25) is 0 Å². The average Bonchev–Trinajstić information content (AvgIpc) is 3.28. The van der Waals surface area contributed by atoms with Gasteiger partial charge in [0.1, 0.15) is 30.5 Å². The highest BCUT2D eigenvalue weighted by molar-refractivity contribution is 5.80. The summed E-state index contributed by atoms with van der Waals surface area (Å²) in [6.45, 7) is 3.70. The fraction of sp³-hybridized carbons (Fsp3) is 0.943. The first-order valence-electron chi connectivity index (χ1n) is 27.0. The highest BCUT2D eigenvalue weighted by Crippen LogP contribution is 2.23. The normalized spacial score (nSPS) is 20.7. The molecule has 0 saturated carbocycles. The van der Waals surface area contributed by atoms with Crippen molar-refractivity contribution in [2.75, 3.05) is 13.2 Å². The summed E-state index contributed by atoms with van der Waals surface area (Å²) in [6.07, 6.45) is 41.2. The van der Waals surface area contributed by atoms with Crippen molar-refractivity contribution in [2.45, 2.75) is 307 Å². The molecule has 0 radical (unpaired) electrons. The number of carbonyl (C=O) groups is 1. The van der Waals surface area contributed by atoms with E-state index in [1.165, 1.54) is 173 Å². The van der Waals surface area contributed by atoms with E-state index >= 15 is 0 Å². The standard InChI is InChI=1S/C53H103NO9/c1-3-5-7-9-11-13-15-17-19-21-22-23-24-25-26-28-30-32-34-36-38-40-42-47(57)52(61)54-45(44-62-53-51(60)50(59)49(58)48(43-55)63-53)46(56)41-39-37-35-33-31-29-27-20-18-16-14-12-10-8-6-4-2/h25-26,45-51,53,55-60H,3-24,27-44H2,1-2H3,(H,54,61)/b26-25-. The van der Waals surface area contributed by atoms with E-state index in [-0.39, 0.29) is 6.61 Å². The largest absolute Gasteiger partial charge is 0.394 e. The second-order valence-electron chi connectivity index (χ2n) is 19.2. The summed E-state index contributed by atoms with van der Waals surface area (Å²) >= 11 is 0. The van der Waals surface area contributed by atoms with E-state index in [2.05, 4.69) is 31.3 Å². The second kappa shape index (κ2) is 43.5. The fourth-order valence-corrected chi connectivity index (χ4v) is 8.81. The van der Waals surface area contributed by atoms with Gasteiger partial charge in [-0.05, 0) is 38.5 Å². The van der Waals surface area contributed by atoms with Gasteiger partial charge in [-0.2, -0.15) is 0 Å². The second-order valence-corrected chi connectivity index (χ2v) is 19.2. The Morgan fingerprint density at radius 1 is 0.524 bits per heavy atom. The molecule has 8 atom stereocenters. The summed E-state index contributed by atoms with van der Waals surface area (Å²) in [5.74, 6) is -0.585. The molecular formula is C53H103NO9. The van der Waals surface area contributed by atoms with Crippen LogP contribution in [0.15, 0.2) is 12.2 Å². The molecule has 1 fully saturated rings. The molecule has 0 bridgehead atoms. The minimum Gasteiger partial charge on any atom is -0.394 e. The molecule has 10 nitrogen and oxygen atoms in total. The lowest BCUT2D eigenvalue weighted by Gasteiger charge is -2.40. The van der Waals surface area contributed by atoms with Gasteiger partial charge in [0.15, 0.2) is 6.29 Å². The molecule has 374 valence electrons. The molecule has 63 heavy (non-hydrogen) atoms. The summed E-state index contributed by atoms with van der Waals surface area (Å²) in [6, 6.07) is -0.894. The van der Waals surface area contributed by atoms with Crippen molar-refractivity contribution in [1.82, 2.24) is 5.32 Å². The van der Waals surface area contributed by atoms with Crippen LogP contribution < -0.4 is 5.32 Å². The van der Waals surface area contributed by atoms with Crippen LogP contribution in [0, 0.1) is 0 Å². The first-order chi connectivity index (χ1) is 30.8. The molecule has 8 unspecified atom stereocenters. The zero-order valence-corrected chi connectivity index (χ0v) is 41.0. The zero-order valence-electron chi connectivity index (χ0n) is 41.0. The van der Waals surface area contributed by atoms with E-state index in [1.807, 2.05) is 0 Å². The van der Waals surface area contributed by atoms with Crippen LogP contribution in [0.25, 0.3) is 0 Å². The summed E-state index contributed by atoms with van der Waals surface area (Å²) in [7, 11) is 0. The first-order valence-corrected chi connectivity index (χ1v) is 27.0. The van der Waals surface area contributed by atoms with Gasteiger partial charge in [-0.15, -0.1) is 0 Å². The predicted molar refractivity (Wildman–Crippen MR) is 260 cm³/mol. The van der Waals surface area contributed by atoms with Crippen LogP contribution in [0.5, 0.6) is 0 Å². The van der Waals surface area contributed by atoms with Crippen molar-refractivity contribution < 1.29 is 44.9 Å². The number of unbranched alkanes of at least 4 members (excludes halogenated alkanes) is 33. The van der Waals surface area contributed by atoms with E-state index in [0.717, 1.165) is 57.8 Å². The first kappa shape index (κ1) is 59.9. The molecule has 1 aliphatic heterocycles. The Bertz CT molecular complexity index is 1010. The molecule has 0 aliphatic carbocycles. The van der Waals surface area contributed by atoms with Crippen LogP contribution >= 0.6 is 0 Å². The maximum absolute atomic E-state index is 13.1. The Kier molecular flexibility index (Phi) is 41.3. The topological polar surface area (TPSA) is 169 Å². The van der Waals surface area contributed by atoms with Gasteiger partial charge in [0, 0.05) is 0 Å². The van der Waals surface area contributed by atoms with Crippen molar-refractivity contribution in [2.24, 2.45) is 0 Å². The molecular weight excluding hydrogens is 795 g/mol. The van der Waals surface area contributed by atoms with Gasteiger partial charge in [-0.3, -0.25) is 4.79 Å². The molecule has 10 heteroatoms. The molecule has 1 heterocycles. The van der Waals surface area contributed by atoms with Gasteiger partial charge in [0.2, 0.25) is 5.91 Å². The maximum Gasteiger partial charge on any atom is 0.249 e. The average molecular weight is 898 g/mol. The number of hydrogen-bond donors (Lipinski definition) is 7. The molecule has 7 N–H and O–H groups in total. The lowest BCUT2D eigenvalue weighted by Crippen LogP contribution is -2.60. The fourth-order valence-electron chi connectivity index (χ4n) is 8.81. The minimum absolute atomic E-state index is 0.254. The molecule has 0 aromatic heterocycles. The number of amides is 1. The highest BCUT2D eigenvalue weighted by atomic mass is 16.7. The summed E-state index contributed by atoms with van der Waals surface area (Å²) < 4.78 is 11.2. The number of hydrogen-bond acceptors (Lipinski definition) is 9. The molecule has 1 aliphatic rings. The molecule has 0 aromatic rings. The monoisotopic (exact) mass is 898 g/mol. The third-order valence-corrected chi connectivity index (χ3v) is 13.2. The Morgan fingerprint density at radius 2 is 0.889 bits per heavy atom. The van der Waals surface area contributed by atoms with Crippen molar-refractivity contribution in [3.63, 3.8) is 0 Å². The Labute approximate surface area is 387 Å². The van der Waals surface area contributed by atoms with Gasteiger partial charge < -0.3 is 45.4 Å². The maximum atomic E-state index is 13.1. The number of allylic oxidation sites excluding steroid dienone is 2. The summed E-state index contributed by atoms with van der Waals surface area (Å²) in [5.41, 5.74) is 0. The molecule has 1 amide bonds. The van der Waals surface area contributed by atoms with Gasteiger partial charge in [0.25, 0.3) is 0 Å². The lowest BCUT2D eigenvalue weighted by atomic mass is 9.99. The number of aliphatic hydroxyl groups is 6. The molecule has 0 spiro atoms. The van der Waals surface area contributed by atoms with E-state index in [9.17, 15) is 35.4 Å². The number of ether oxygens (including phenoxy) is 2. The number of carbonyl (C=O) groups excluding carboxylic acids is 1. The lowest BCUT2D eigenvalue weighted by molar-refractivity contribution is -0.302. The minimum atomic E-state index is -1.60. The van der Waals surface area contributed by atoms with Crippen LogP contribution in [-0.4, -0.2) is 98.7 Å². The van der Waals surface area contributed by atoms with Crippen LogP contribution in [-0.2, 0) is 14.3 Å². The van der Waals surface area contributed by atoms with Crippen molar-refractivity contribution >= 4 is 5.91 Å². The summed E-state index contributed by atoms with van der Waals surface area (Å²) in [4.78, 5) is 13.1. The molecule has 0 aromatic carbocycles. The van der Waals surface area contributed by atoms with Gasteiger partial charge in [-0.25, -0.2) is 0 Å². The highest BCUT2D eigenvalue weighted by Gasteiger charge is 2.44. The van der Waals surface area contributed by atoms with E-state index in [4.69, 9.17) is 9.47 Å². The van der Waals surface area contributed by atoms with E-state index < -0.39 is 61.5 Å². The molecule has 1 rings (SSSR count). The number of aliphatic hydroxyl groups excluding tert-OH is 6. The Balaban J connectivity index is 2.29. The smallest absolute Gasteiger partial charge is 0.249 e. The molecule has 1 saturated heterocycles. The van der Waals surface area contributed by atoms with Crippen molar-refractivity contribution in [3.8, 4) is 0 Å². The Morgan fingerprint density at radius 3 is 1.29 bits per heavy atom. The van der Waals surface area contributed by atoms with Crippen LogP contribution in [0.4, 0.5) is 0 Å². The van der Waals surface area contributed by atoms with Crippen molar-refractivity contribution in [1.29, 1.82) is 0 Å². The van der Waals surface area contributed by atoms with E-state index in [1.54, 1.807) is 0 Å². The third kappa shape index (κ3) is 33.1. The van der Waals surface area contributed by atoms with Crippen molar-refractivity contribution in [3.05, 3.63) is 12.2 Å². The Hall–Kier alpha value is -1.11.